The number of halogens is 4. The normalized spacial score (nSPS) is 12.6. The first kappa shape index (κ1) is 26.8. The molecule has 35 heavy (non-hydrogen) atoms. The van der Waals surface area contributed by atoms with Gasteiger partial charge in [-0.3, -0.25) is 4.90 Å². The SMILES string of the molecule is COc1cc(CN(C)CC(O)COc2ccc(Br)c(C(F)(F)F)c2)ccc1OCCn1ccnc1. The Balaban J connectivity index is 1.49. The van der Waals surface area contributed by atoms with Crippen LogP contribution in [-0.4, -0.2) is 59.6 Å². The fourth-order valence-corrected chi connectivity index (χ4v) is 3.87. The van der Waals surface area contributed by atoms with Gasteiger partial charge < -0.3 is 23.9 Å². The Kier molecular flexibility index (Phi) is 9.41. The highest BCUT2D eigenvalue weighted by atomic mass is 79.9. The van der Waals surface area contributed by atoms with Gasteiger partial charge in [0.15, 0.2) is 11.5 Å². The van der Waals surface area contributed by atoms with Gasteiger partial charge in [-0.25, -0.2) is 4.98 Å². The molecule has 0 aliphatic carbocycles. The summed E-state index contributed by atoms with van der Waals surface area (Å²) in [4.78, 5) is 5.87. The Morgan fingerprint density at radius 3 is 2.63 bits per heavy atom. The van der Waals surface area contributed by atoms with Crippen molar-refractivity contribution in [2.45, 2.75) is 25.4 Å². The largest absolute Gasteiger partial charge is 0.493 e. The number of methoxy groups -OCH3 is 1. The van der Waals surface area contributed by atoms with E-state index in [9.17, 15) is 18.3 Å². The number of benzene rings is 2. The summed E-state index contributed by atoms with van der Waals surface area (Å²) >= 11 is 2.89. The zero-order valence-electron chi connectivity index (χ0n) is 19.3. The highest BCUT2D eigenvalue weighted by molar-refractivity contribution is 9.10. The summed E-state index contributed by atoms with van der Waals surface area (Å²) in [5.41, 5.74) is 0.117. The molecule has 2 aromatic carbocycles. The van der Waals surface area contributed by atoms with Crippen LogP contribution in [0.25, 0.3) is 0 Å². The number of likely N-dealkylation sites (N-methyl/N-ethyl adjacent to an activating group) is 1. The predicted octanol–water partition coefficient (Wildman–Crippen LogP) is 4.62. The maximum Gasteiger partial charge on any atom is 0.417 e. The van der Waals surface area contributed by atoms with Gasteiger partial charge in [0.05, 0.1) is 25.5 Å². The summed E-state index contributed by atoms with van der Waals surface area (Å²) in [6.45, 7) is 1.75. The van der Waals surface area contributed by atoms with Gasteiger partial charge in [-0.15, -0.1) is 0 Å². The van der Waals surface area contributed by atoms with Crippen LogP contribution in [0.15, 0.2) is 59.6 Å². The van der Waals surface area contributed by atoms with Gasteiger partial charge in [0.25, 0.3) is 0 Å². The van der Waals surface area contributed by atoms with Gasteiger partial charge in [-0.2, -0.15) is 13.2 Å². The summed E-state index contributed by atoms with van der Waals surface area (Å²) in [5.74, 6) is 1.26. The molecule has 1 N–H and O–H groups in total. The van der Waals surface area contributed by atoms with E-state index >= 15 is 0 Å². The third kappa shape index (κ3) is 8.15. The Morgan fingerprint density at radius 1 is 1.14 bits per heavy atom. The quantitative estimate of drug-likeness (QED) is 0.350. The minimum absolute atomic E-state index is 0.0376. The number of nitrogens with zero attached hydrogens (tertiary/aromatic N) is 3. The Bertz CT molecular complexity index is 1080. The highest BCUT2D eigenvalue weighted by Crippen LogP contribution is 2.37. The van der Waals surface area contributed by atoms with Crippen LogP contribution in [0.5, 0.6) is 17.2 Å². The van der Waals surface area contributed by atoms with E-state index < -0.39 is 17.8 Å². The lowest BCUT2D eigenvalue weighted by Crippen LogP contribution is -2.32. The number of alkyl halides is 3. The molecule has 0 aliphatic rings. The second-order valence-corrected chi connectivity index (χ2v) is 8.79. The van der Waals surface area contributed by atoms with E-state index in [1.54, 1.807) is 19.6 Å². The van der Waals surface area contributed by atoms with Crippen molar-refractivity contribution >= 4 is 15.9 Å². The average molecular weight is 558 g/mol. The number of aliphatic hydroxyl groups excluding tert-OH is 1. The Morgan fingerprint density at radius 2 is 1.94 bits per heavy atom. The number of rotatable bonds is 12. The Hall–Kier alpha value is -2.76. The van der Waals surface area contributed by atoms with Crippen LogP contribution in [0.1, 0.15) is 11.1 Å². The molecule has 190 valence electrons. The molecule has 0 saturated carbocycles. The summed E-state index contributed by atoms with van der Waals surface area (Å²) < 4.78 is 57.6. The maximum atomic E-state index is 13.0. The minimum Gasteiger partial charge on any atom is -0.493 e. The standard InChI is InChI=1S/C24H27BrF3N3O4/c1-30(14-18(32)15-35-19-4-5-21(25)20(12-19)24(26,27)28)13-17-3-6-22(23(11-17)33-2)34-10-9-31-8-7-29-16-31/h3-8,11-12,16,18,32H,9-10,13-15H2,1-2H3. The van der Waals surface area contributed by atoms with Gasteiger partial charge in [0.2, 0.25) is 0 Å². The Labute approximate surface area is 210 Å². The molecule has 0 spiro atoms. The minimum atomic E-state index is -4.50. The number of hydrogen-bond donors (Lipinski definition) is 1. The van der Waals surface area contributed by atoms with Gasteiger partial charge in [0, 0.05) is 30.0 Å². The van der Waals surface area contributed by atoms with Gasteiger partial charge in [-0.05, 0) is 42.9 Å². The topological polar surface area (TPSA) is 69.0 Å². The summed E-state index contributed by atoms with van der Waals surface area (Å²) in [7, 11) is 3.39. The summed E-state index contributed by atoms with van der Waals surface area (Å²) in [6, 6.07) is 9.21. The van der Waals surface area contributed by atoms with Crippen LogP contribution < -0.4 is 14.2 Å². The van der Waals surface area contributed by atoms with Crippen LogP contribution in [0.4, 0.5) is 13.2 Å². The van der Waals surface area contributed by atoms with Crippen molar-refractivity contribution in [3.8, 4) is 17.2 Å². The van der Waals surface area contributed by atoms with Gasteiger partial charge in [0.1, 0.15) is 25.1 Å². The zero-order valence-corrected chi connectivity index (χ0v) is 20.9. The van der Waals surface area contributed by atoms with Crippen molar-refractivity contribution in [3.63, 3.8) is 0 Å². The summed E-state index contributed by atoms with van der Waals surface area (Å²) in [5, 5.41) is 10.3. The van der Waals surface area contributed by atoms with Crippen LogP contribution in [0, 0.1) is 0 Å². The van der Waals surface area contributed by atoms with E-state index in [2.05, 4.69) is 20.9 Å². The van der Waals surface area contributed by atoms with Crippen molar-refractivity contribution < 1.29 is 32.5 Å². The lowest BCUT2D eigenvalue weighted by atomic mass is 10.2. The first-order valence-corrected chi connectivity index (χ1v) is 11.6. The van der Waals surface area contributed by atoms with Crippen LogP contribution in [-0.2, 0) is 19.3 Å². The molecular formula is C24H27BrF3N3O4. The zero-order chi connectivity index (χ0) is 25.4. The molecule has 7 nitrogen and oxygen atoms in total. The number of hydrogen-bond acceptors (Lipinski definition) is 6. The first-order valence-electron chi connectivity index (χ1n) is 10.8. The molecule has 0 amide bonds. The van der Waals surface area contributed by atoms with E-state index in [4.69, 9.17) is 14.2 Å². The molecule has 0 bridgehead atoms. The van der Waals surface area contributed by atoms with Crippen molar-refractivity contribution in [3.05, 3.63) is 70.7 Å². The molecular weight excluding hydrogens is 531 g/mol. The second kappa shape index (κ2) is 12.3. The molecule has 0 fully saturated rings. The van der Waals surface area contributed by atoms with Crippen molar-refractivity contribution in [2.75, 3.05) is 33.9 Å². The second-order valence-electron chi connectivity index (χ2n) is 7.94. The van der Waals surface area contributed by atoms with Crippen molar-refractivity contribution in [1.29, 1.82) is 0 Å². The molecule has 0 aliphatic heterocycles. The molecule has 1 atom stereocenters. The molecule has 3 rings (SSSR count). The van der Waals surface area contributed by atoms with E-state index in [0.29, 0.717) is 31.2 Å². The van der Waals surface area contributed by atoms with Gasteiger partial charge >= 0.3 is 6.18 Å². The monoisotopic (exact) mass is 557 g/mol. The number of imidazole rings is 1. The lowest BCUT2D eigenvalue weighted by Gasteiger charge is -2.22. The molecule has 1 aromatic heterocycles. The molecule has 0 saturated heterocycles. The lowest BCUT2D eigenvalue weighted by molar-refractivity contribution is -0.138. The smallest absolute Gasteiger partial charge is 0.417 e. The van der Waals surface area contributed by atoms with Crippen LogP contribution in [0.3, 0.4) is 0 Å². The molecule has 1 heterocycles. The van der Waals surface area contributed by atoms with Crippen molar-refractivity contribution in [2.24, 2.45) is 0 Å². The first-order chi connectivity index (χ1) is 16.7. The van der Waals surface area contributed by atoms with Crippen LogP contribution >= 0.6 is 15.9 Å². The maximum absolute atomic E-state index is 13.0. The number of aromatic nitrogens is 2. The molecule has 1 unspecified atom stereocenters. The number of aliphatic hydroxyl groups is 1. The van der Waals surface area contributed by atoms with E-state index in [0.717, 1.165) is 11.6 Å². The van der Waals surface area contributed by atoms with Gasteiger partial charge in [-0.1, -0.05) is 22.0 Å². The van der Waals surface area contributed by atoms with Crippen molar-refractivity contribution in [1.82, 2.24) is 14.5 Å². The number of ether oxygens (including phenoxy) is 3. The fraction of sp³-hybridized carbons (Fsp3) is 0.375. The molecule has 0 radical (unpaired) electrons. The van der Waals surface area contributed by atoms with E-state index in [1.807, 2.05) is 40.9 Å². The summed E-state index contributed by atoms with van der Waals surface area (Å²) in [6.07, 6.45) is -0.112. The van der Waals surface area contributed by atoms with E-state index in [-0.39, 0.29) is 23.4 Å². The third-order valence-electron chi connectivity index (χ3n) is 5.05. The molecule has 3 aromatic rings. The predicted molar refractivity (Wildman–Crippen MR) is 128 cm³/mol. The van der Waals surface area contributed by atoms with Crippen LogP contribution in [0.2, 0.25) is 0 Å². The fourth-order valence-electron chi connectivity index (χ4n) is 3.40. The van der Waals surface area contributed by atoms with E-state index in [1.165, 1.54) is 12.1 Å². The molecule has 11 heteroatoms. The highest BCUT2D eigenvalue weighted by Gasteiger charge is 2.33. The average Bonchev–Trinajstić information content (AvgIpc) is 3.32. The third-order valence-corrected chi connectivity index (χ3v) is 5.75.